The lowest BCUT2D eigenvalue weighted by atomic mass is 10.1. The fourth-order valence-electron chi connectivity index (χ4n) is 2.53. The molecule has 1 amide bonds. The van der Waals surface area contributed by atoms with Crippen molar-refractivity contribution in [3.05, 3.63) is 29.8 Å². The lowest BCUT2D eigenvalue weighted by Gasteiger charge is -2.22. The molecule has 3 N–H and O–H groups in total. The number of anilines is 1. The first-order valence-corrected chi connectivity index (χ1v) is 6.88. The summed E-state index contributed by atoms with van der Waals surface area (Å²) in [5.41, 5.74) is 7.05. The van der Waals surface area contributed by atoms with Gasteiger partial charge >= 0.3 is 0 Å². The zero-order valence-electron chi connectivity index (χ0n) is 12.3. The molecule has 1 aromatic rings. The highest BCUT2D eigenvalue weighted by Crippen LogP contribution is 2.18. The van der Waals surface area contributed by atoms with Crippen LogP contribution in [0, 0.1) is 0 Å². The molecule has 5 nitrogen and oxygen atoms in total. The van der Waals surface area contributed by atoms with Gasteiger partial charge < -0.3 is 11.1 Å². The average molecular weight is 312 g/mol. The summed E-state index contributed by atoms with van der Waals surface area (Å²) in [5, 5.41) is 2.81. The fraction of sp³-hybridized carbons (Fsp3) is 0.467. The summed E-state index contributed by atoms with van der Waals surface area (Å²) in [5.74, 6) is -0.169. The maximum absolute atomic E-state index is 12.1. The highest BCUT2D eigenvalue weighted by atomic mass is 35.5. The van der Waals surface area contributed by atoms with Gasteiger partial charge in [-0.2, -0.15) is 0 Å². The highest BCUT2D eigenvalue weighted by molar-refractivity contribution is 6.04. The molecule has 2 rings (SSSR count). The van der Waals surface area contributed by atoms with Gasteiger partial charge in [0, 0.05) is 24.2 Å². The summed E-state index contributed by atoms with van der Waals surface area (Å²) in [6.07, 6.45) is 0.915. The van der Waals surface area contributed by atoms with E-state index >= 15 is 0 Å². The summed E-state index contributed by atoms with van der Waals surface area (Å²) in [4.78, 5) is 25.7. The smallest absolute Gasteiger partial charge is 0.238 e. The van der Waals surface area contributed by atoms with E-state index < -0.39 is 0 Å². The largest absolute Gasteiger partial charge is 0.326 e. The number of nitrogens with one attached hydrogen (secondary N) is 1. The molecule has 1 fully saturated rings. The van der Waals surface area contributed by atoms with Crippen LogP contribution in [-0.2, 0) is 4.79 Å². The van der Waals surface area contributed by atoms with E-state index in [1.54, 1.807) is 24.3 Å². The summed E-state index contributed by atoms with van der Waals surface area (Å²) in [6.45, 7) is 4.67. The number of benzene rings is 1. The van der Waals surface area contributed by atoms with Crippen molar-refractivity contribution in [2.75, 3.05) is 18.4 Å². The van der Waals surface area contributed by atoms with Gasteiger partial charge in [-0.05, 0) is 32.4 Å². The van der Waals surface area contributed by atoms with Gasteiger partial charge in [0.25, 0.3) is 0 Å². The number of para-hydroxylation sites is 1. The molecule has 1 aliphatic rings. The van der Waals surface area contributed by atoms with E-state index in [2.05, 4.69) is 10.2 Å². The van der Waals surface area contributed by atoms with Gasteiger partial charge in [0.05, 0.1) is 12.2 Å². The maximum Gasteiger partial charge on any atom is 0.238 e. The zero-order chi connectivity index (χ0) is 14.7. The second-order valence-corrected chi connectivity index (χ2v) is 5.31. The Morgan fingerprint density at radius 1 is 1.38 bits per heavy atom. The minimum atomic E-state index is -0.111. The molecule has 2 atom stereocenters. The number of hydrogen-bond donors (Lipinski definition) is 2. The first-order valence-electron chi connectivity index (χ1n) is 6.88. The standard InChI is InChI=1S/C15H21N3O2.ClH/c1-10-13(16)7-8-18(10)9-15(20)17-14-6-4-3-5-12(14)11(2)19;/h3-6,10,13H,7-9,16H2,1-2H3,(H,17,20);1H. The summed E-state index contributed by atoms with van der Waals surface area (Å²) >= 11 is 0. The summed E-state index contributed by atoms with van der Waals surface area (Å²) < 4.78 is 0. The number of hydrogen-bond acceptors (Lipinski definition) is 4. The van der Waals surface area contributed by atoms with Crippen molar-refractivity contribution >= 4 is 29.8 Å². The van der Waals surface area contributed by atoms with Gasteiger partial charge in [-0.15, -0.1) is 12.4 Å². The molecule has 2 unspecified atom stereocenters. The van der Waals surface area contributed by atoms with Gasteiger partial charge in [0.1, 0.15) is 0 Å². The molecule has 6 heteroatoms. The zero-order valence-corrected chi connectivity index (χ0v) is 13.2. The Hall–Kier alpha value is -1.43. The van der Waals surface area contributed by atoms with Gasteiger partial charge in [-0.25, -0.2) is 0 Å². The van der Waals surface area contributed by atoms with Crippen LogP contribution in [0.15, 0.2) is 24.3 Å². The Morgan fingerprint density at radius 3 is 2.62 bits per heavy atom. The Labute approximate surface area is 131 Å². The molecule has 21 heavy (non-hydrogen) atoms. The van der Waals surface area contributed by atoms with Crippen molar-refractivity contribution in [3.63, 3.8) is 0 Å². The number of halogens is 1. The van der Waals surface area contributed by atoms with Gasteiger partial charge in [0.2, 0.25) is 5.91 Å². The summed E-state index contributed by atoms with van der Waals surface area (Å²) in [7, 11) is 0. The minimum absolute atomic E-state index is 0. The second kappa shape index (κ2) is 7.54. The number of nitrogens with zero attached hydrogens (tertiary/aromatic N) is 1. The van der Waals surface area contributed by atoms with Crippen LogP contribution in [0.5, 0.6) is 0 Å². The third-order valence-electron chi connectivity index (χ3n) is 3.87. The van der Waals surface area contributed by atoms with Gasteiger partial charge in [-0.1, -0.05) is 12.1 Å². The molecular weight excluding hydrogens is 290 g/mol. The normalized spacial score (nSPS) is 21.7. The van der Waals surface area contributed by atoms with Crippen LogP contribution in [0.4, 0.5) is 5.69 Å². The lowest BCUT2D eigenvalue weighted by molar-refractivity contribution is -0.117. The topological polar surface area (TPSA) is 75.4 Å². The molecular formula is C15H22ClN3O2. The van der Waals surface area contributed by atoms with Crippen LogP contribution in [0.25, 0.3) is 0 Å². The van der Waals surface area contributed by atoms with Gasteiger partial charge in [0.15, 0.2) is 5.78 Å². The lowest BCUT2D eigenvalue weighted by Crippen LogP contribution is -2.40. The maximum atomic E-state index is 12.1. The van der Waals surface area contributed by atoms with Crippen molar-refractivity contribution in [3.8, 4) is 0 Å². The molecule has 0 saturated carbocycles. The van der Waals surface area contributed by atoms with E-state index in [4.69, 9.17) is 5.73 Å². The Morgan fingerprint density at radius 2 is 2.05 bits per heavy atom. The Bertz CT molecular complexity index is 521. The van der Waals surface area contributed by atoms with Gasteiger partial charge in [-0.3, -0.25) is 14.5 Å². The Kier molecular flexibility index (Phi) is 6.33. The number of rotatable bonds is 4. The predicted molar refractivity (Wildman–Crippen MR) is 86.0 cm³/mol. The number of amides is 1. The number of nitrogens with two attached hydrogens (primary N) is 1. The third kappa shape index (κ3) is 4.27. The molecule has 0 radical (unpaired) electrons. The second-order valence-electron chi connectivity index (χ2n) is 5.31. The predicted octanol–water partition coefficient (Wildman–Crippen LogP) is 1.67. The van der Waals surface area contributed by atoms with E-state index in [1.807, 2.05) is 6.92 Å². The molecule has 1 aliphatic heterocycles. The van der Waals surface area contributed by atoms with E-state index in [0.29, 0.717) is 17.8 Å². The fourth-order valence-corrected chi connectivity index (χ4v) is 2.53. The number of likely N-dealkylation sites (tertiary alicyclic amines) is 1. The molecule has 1 aromatic carbocycles. The number of carbonyl (C=O) groups is 2. The van der Waals surface area contributed by atoms with Crippen LogP contribution in [0.2, 0.25) is 0 Å². The van der Waals surface area contributed by atoms with Crippen LogP contribution in [-0.4, -0.2) is 41.8 Å². The Balaban J connectivity index is 0.00000220. The van der Waals surface area contributed by atoms with Crippen LogP contribution < -0.4 is 11.1 Å². The number of ketones is 1. The summed E-state index contributed by atoms with van der Waals surface area (Å²) in [6, 6.07) is 7.39. The molecule has 1 saturated heterocycles. The van der Waals surface area contributed by atoms with E-state index in [-0.39, 0.29) is 36.2 Å². The van der Waals surface area contributed by atoms with Crippen molar-refractivity contribution in [1.29, 1.82) is 0 Å². The van der Waals surface area contributed by atoms with Crippen molar-refractivity contribution < 1.29 is 9.59 Å². The number of Topliss-reactive ketones (excluding diaryl/α,β-unsaturated/α-hetero) is 1. The average Bonchev–Trinajstić information content (AvgIpc) is 2.71. The molecule has 0 aliphatic carbocycles. The van der Waals surface area contributed by atoms with Crippen molar-refractivity contribution in [2.45, 2.75) is 32.4 Å². The molecule has 116 valence electrons. The van der Waals surface area contributed by atoms with Crippen LogP contribution in [0.3, 0.4) is 0 Å². The van der Waals surface area contributed by atoms with Crippen molar-refractivity contribution in [1.82, 2.24) is 4.90 Å². The van der Waals surface area contributed by atoms with Crippen molar-refractivity contribution in [2.24, 2.45) is 5.73 Å². The monoisotopic (exact) mass is 311 g/mol. The molecule has 1 heterocycles. The molecule has 0 bridgehead atoms. The molecule has 0 aromatic heterocycles. The third-order valence-corrected chi connectivity index (χ3v) is 3.87. The van der Waals surface area contributed by atoms with Crippen LogP contribution in [0.1, 0.15) is 30.6 Å². The van der Waals surface area contributed by atoms with E-state index in [1.165, 1.54) is 6.92 Å². The van der Waals surface area contributed by atoms with Crippen LogP contribution >= 0.6 is 12.4 Å². The van der Waals surface area contributed by atoms with E-state index in [0.717, 1.165) is 13.0 Å². The number of carbonyl (C=O) groups excluding carboxylic acids is 2. The SMILES string of the molecule is CC(=O)c1ccccc1NC(=O)CN1CCC(N)C1C.Cl. The highest BCUT2D eigenvalue weighted by Gasteiger charge is 2.29. The van der Waals surface area contributed by atoms with E-state index in [9.17, 15) is 9.59 Å². The quantitative estimate of drug-likeness (QED) is 0.829. The first kappa shape index (κ1) is 17.6. The molecule has 0 spiro atoms. The first-order chi connectivity index (χ1) is 9.49. The minimum Gasteiger partial charge on any atom is -0.326 e.